The predicted molar refractivity (Wildman–Crippen MR) is 33.4 cm³/mol. The van der Waals surface area contributed by atoms with Crippen LogP contribution in [0.4, 0.5) is 0 Å². The quantitative estimate of drug-likeness (QED) is 0.475. The molecule has 0 radical (unpaired) electrons. The summed E-state index contributed by atoms with van der Waals surface area (Å²) in [5.74, 6) is 0.343. The van der Waals surface area contributed by atoms with Crippen LogP contribution in [0.5, 0.6) is 0 Å². The molecule has 1 rings (SSSR count). The summed E-state index contributed by atoms with van der Waals surface area (Å²) in [5, 5.41) is 2.92. The molecule has 0 bridgehead atoms. The van der Waals surface area contributed by atoms with E-state index in [0.29, 0.717) is 12.3 Å². The van der Waals surface area contributed by atoms with E-state index in [4.69, 9.17) is 0 Å². The summed E-state index contributed by atoms with van der Waals surface area (Å²) in [6.45, 7) is 1.48. The van der Waals surface area contributed by atoms with Crippen LogP contribution in [0.1, 0.15) is 6.42 Å². The molecule has 0 unspecified atom stereocenters. The number of carbonyl (C=O) groups is 1. The zero-order valence-electron chi connectivity index (χ0n) is 4.44. The Kier molecular flexibility index (Phi) is 6.78. The summed E-state index contributed by atoms with van der Waals surface area (Å²) < 4.78 is 0. The van der Waals surface area contributed by atoms with E-state index in [1.807, 2.05) is 0 Å². The van der Waals surface area contributed by atoms with Gasteiger partial charge in [-0.3, -0.25) is 4.79 Å². The number of Topliss-reactive ketones (excluding diaryl/α,β-unsaturated/α-hetero) is 1. The number of halogens is 1. The van der Waals surface area contributed by atoms with Crippen LogP contribution in [0.15, 0.2) is 0 Å². The van der Waals surface area contributed by atoms with Crippen LogP contribution in [0, 0.1) is 0 Å². The van der Waals surface area contributed by atoms with E-state index in [9.17, 15) is 4.79 Å². The van der Waals surface area contributed by atoms with E-state index in [1.165, 1.54) is 0 Å². The monoisotopic (exact) mass is 139 g/mol. The number of nitrogens with one attached hydrogen (secondary N) is 1. The molecule has 1 aliphatic rings. The van der Waals surface area contributed by atoms with Gasteiger partial charge in [0.15, 0.2) is 0 Å². The maximum atomic E-state index is 10.2. The Morgan fingerprint density at radius 1 is 1.50 bits per heavy atom. The van der Waals surface area contributed by atoms with Crippen LogP contribution >= 0.6 is 12.4 Å². The lowest BCUT2D eigenvalue weighted by Gasteiger charge is -1.75. The van der Waals surface area contributed by atoms with Gasteiger partial charge in [-0.05, 0) is 0 Å². The standard InChI is InChI=1S/C4H7NO.ClH.H2O/c6-4-1-2-5-3-4;;/h5H,1-3H2;1H;1H2. The van der Waals surface area contributed by atoms with Gasteiger partial charge in [0.25, 0.3) is 0 Å². The van der Waals surface area contributed by atoms with Crippen LogP contribution in [0.25, 0.3) is 0 Å². The third-order valence-corrected chi connectivity index (χ3v) is 0.903. The number of rotatable bonds is 0. The molecule has 1 heterocycles. The SMILES string of the molecule is Cl.O.O=C1CCNC1. The van der Waals surface area contributed by atoms with Crippen molar-refractivity contribution >= 4 is 18.2 Å². The first-order valence-electron chi connectivity index (χ1n) is 2.12. The van der Waals surface area contributed by atoms with Gasteiger partial charge in [0, 0.05) is 13.0 Å². The fourth-order valence-electron chi connectivity index (χ4n) is 0.544. The predicted octanol–water partition coefficient (Wildman–Crippen LogP) is -0.854. The largest absolute Gasteiger partial charge is 0.412 e. The molecule has 4 heteroatoms. The van der Waals surface area contributed by atoms with E-state index >= 15 is 0 Å². The lowest BCUT2D eigenvalue weighted by molar-refractivity contribution is -0.116. The van der Waals surface area contributed by atoms with Crippen molar-refractivity contribution < 1.29 is 10.3 Å². The normalized spacial score (nSPS) is 16.8. The smallest absolute Gasteiger partial charge is 0.147 e. The van der Waals surface area contributed by atoms with Gasteiger partial charge in [0.2, 0.25) is 0 Å². The molecule has 0 saturated carbocycles. The van der Waals surface area contributed by atoms with Gasteiger partial charge in [0.05, 0.1) is 6.54 Å². The first-order chi connectivity index (χ1) is 2.89. The minimum absolute atomic E-state index is 0. The molecule has 0 aromatic rings. The average molecular weight is 140 g/mol. The molecule has 1 aliphatic heterocycles. The Hall–Kier alpha value is -0.120. The van der Waals surface area contributed by atoms with E-state index in [2.05, 4.69) is 5.32 Å². The van der Waals surface area contributed by atoms with Crippen LogP contribution in [-0.4, -0.2) is 24.3 Å². The molecule has 3 nitrogen and oxygen atoms in total. The van der Waals surface area contributed by atoms with Crippen LogP contribution in [-0.2, 0) is 4.79 Å². The number of carbonyl (C=O) groups excluding carboxylic acids is 1. The second-order valence-electron chi connectivity index (χ2n) is 1.47. The van der Waals surface area contributed by atoms with Crippen molar-refractivity contribution in [1.82, 2.24) is 5.32 Å². The summed E-state index contributed by atoms with van der Waals surface area (Å²) in [6.07, 6.45) is 0.736. The van der Waals surface area contributed by atoms with Crippen molar-refractivity contribution in [1.29, 1.82) is 0 Å². The third kappa shape index (κ3) is 2.96. The Morgan fingerprint density at radius 2 is 2.12 bits per heavy atom. The van der Waals surface area contributed by atoms with Gasteiger partial charge in [0.1, 0.15) is 5.78 Å². The Labute approximate surface area is 54.2 Å². The Bertz CT molecular complexity index is 68.4. The molecule has 0 spiro atoms. The van der Waals surface area contributed by atoms with Crippen molar-refractivity contribution in [2.24, 2.45) is 0 Å². The highest BCUT2D eigenvalue weighted by molar-refractivity contribution is 5.85. The van der Waals surface area contributed by atoms with Gasteiger partial charge in [-0.1, -0.05) is 0 Å². The fraction of sp³-hybridized carbons (Fsp3) is 0.750. The molecule has 0 amide bonds. The topological polar surface area (TPSA) is 60.6 Å². The molecule has 0 aromatic heterocycles. The molecule has 50 valence electrons. The van der Waals surface area contributed by atoms with Crippen molar-refractivity contribution in [3.8, 4) is 0 Å². The summed E-state index contributed by atoms with van der Waals surface area (Å²) >= 11 is 0. The van der Waals surface area contributed by atoms with Gasteiger partial charge in [-0.15, -0.1) is 12.4 Å². The number of hydrogen-bond donors (Lipinski definition) is 1. The van der Waals surface area contributed by atoms with Gasteiger partial charge >= 0.3 is 0 Å². The molecule has 3 N–H and O–H groups in total. The van der Waals surface area contributed by atoms with E-state index < -0.39 is 0 Å². The van der Waals surface area contributed by atoms with Gasteiger partial charge in [-0.2, -0.15) is 0 Å². The second-order valence-corrected chi connectivity index (χ2v) is 1.47. The Balaban J connectivity index is 0. The molecule has 0 atom stereocenters. The Morgan fingerprint density at radius 3 is 2.25 bits per heavy atom. The zero-order chi connectivity index (χ0) is 4.41. The second kappa shape index (κ2) is 5.03. The molecule has 1 saturated heterocycles. The molecule has 1 fully saturated rings. The fourth-order valence-corrected chi connectivity index (χ4v) is 0.544. The van der Waals surface area contributed by atoms with Crippen molar-refractivity contribution in [3.05, 3.63) is 0 Å². The number of ketones is 1. The van der Waals surface area contributed by atoms with Gasteiger partial charge in [-0.25, -0.2) is 0 Å². The first-order valence-corrected chi connectivity index (χ1v) is 2.12. The van der Waals surface area contributed by atoms with Gasteiger partial charge < -0.3 is 10.8 Å². The molecular weight excluding hydrogens is 130 g/mol. The summed E-state index contributed by atoms with van der Waals surface area (Å²) in [4.78, 5) is 10.2. The molecule has 0 aromatic carbocycles. The third-order valence-electron chi connectivity index (χ3n) is 0.903. The highest BCUT2D eigenvalue weighted by Gasteiger charge is 2.06. The first kappa shape index (κ1) is 10.8. The van der Waals surface area contributed by atoms with Crippen molar-refractivity contribution in [2.75, 3.05) is 13.1 Å². The van der Waals surface area contributed by atoms with Crippen LogP contribution in [0.3, 0.4) is 0 Å². The lowest BCUT2D eigenvalue weighted by Crippen LogP contribution is -2.07. The summed E-state index contributed by atoms with van der Waals surface area (Å²) in [6, 6.07) is 0. The summed E-state index contributed by atoms with van der Waals surface area (Å²) in [7, 11) is 0. The summed E-state index contributed by atoms with van der Waals surface area (Å²) in [5.41, 5.74) is 0. The van der Waals surface area contributed by atoms with Crippen molar-refractivity contribution in [3.63, 3.8) is 0 Å². The maximum Gasteiger partial charge on any atom is 0.147 e. The average Bonchev–Trinajstić information content (AvgIpc) is 1.86. The van der Waals surface area contributed by atoms with Crippen LogP contribution in [0.2, 0.25) is 0 Å². The minimum atomic E-state index is 0. The van der Waals surface area contributed by atoms with E-state index in [0.717, 1.165) is 13.0 Å². The number of hydrogen-bond acceptors (Lipinski definition) is 2. The molecule has 8 heavy (non-hydrogen) atoms. The minimum Gasteiger partial charge on any atom is -0.412 e. The van der Waals surface area contributed by atoms with E-state index in [-0.39, 0.29) is 17.9 Å². The zero-order valence-corrected chi connectivity index (χ0v) is 5.25. The maximum absolute atomic E-state index is 10.2. The van der Waals surface area contributed by atoms with E-state index in [1.54, 1.807) is 0 Å². The molecular formula is C4H10ClNO2. The highest BCUT2D eigenvalue weighted by Crippen LogP contribution is 1.85. The molecule has 0 aliphatic carbocycles. The van der Waals surface area contributed by atoms with Crippen LogP contribution < -0.4 is 5.32 Å². The highest BCUT2D eigenvalue weighted by atomic mass is 35.5. The van der Waals surface area contributed by atoms with Crippen molar-refractivity contribution in [2.45, 2.75) is 6.42 Å². The lowest BCUT2D eigenvalue weighted by atomic mass is 10.4.